The van der Waals surface area contributed by atoms with Crippen molar-refractivity contribution in [1.29, 1.82) is 0 Å². The fourth-order valence-corrected chi connectivity index (χ4v) is 3.99. The monoisotopic (exact) mass is 381 g/mol. The van der Waals surface area contributed by atoms with E-state index in [9.17, 15) is 0 Å². The number of rotatable bonds is 4. The molecule has 0 unspecified atom stereocenters. The summed E-state index contributed by atoms with van der Waals surface area (Å²) in [5, 5.41) is 0. The van der Waals surface area contributed by atoms with Crippen molar-refractivity contribution in [3.63, 3.8) is 0 Å². The van der Waals surface area contributed by atoms with Gasteiger partial charge in [0.25, 0.3) is 0 Å². The van der Waals surface area contributed by atoms with Gasteiger partial charge in [0.2, 0.25) is 0 Å². The Labute approximate surface area is 173 Å². The van der Waals surface area contributed by atoms with Gasteiger partial charge in [0.05, 0.1) is 5.69 Å². The SMILES string of the molecule is Cc1cccc(-n2c(C)cc(C=Nc3ccc(-n4c(C)ccc4C)cc3)c2C)c1. The summed E-state index contributed by atoms with van der Waals surface area (Å²) in [5.74, 6) is 0. The molecule has 0 atom stereocenters. The molecule has 0 aliphatic carbocycles. The van der Waals surface area contributed by atoms with Gasteiger partial charge >= 0.3 is 0 Å². The molecular formula is C26H27N3. The summed E-state index contributed by atoms with van der Waals surface area (Å²) in [5.41, 5.74) is 10.6. The summed E-state index contributed by atoms with van der Waals surface area (Å²) in [6.07, 6.45) is 1.97. The zero-order valence-corrected chi connectivity index (χ0v) is 17.8. The number of nitrogens with zero attached hydrogens (tertiary/aromatic N) is 3. The van der Waals surface area contributed by atoms with Gasteiger partial charge in [0, 0.05) is 45.9 Å². The van der Waals surface area contributed by atoms with E-state index < -0.39 is 0 Å². The standard InChI is InChI=1S/C26H27N3/c1-18-7-6-8-26(15-18)29-21(4)16-23(22(29)5)17-27-24-11-13-25(14-12-24)28-19(2)9-10-20(28)3/h6-17H,1-5H3. The first-order valence-electron chi connectivity index (χ1n) is 9.99. The first-order valence-corrected chi connectivity index (χ1v) is 9.99. The van der Waals surface area contributed by atoms with E-state index in [1.807, 2.05) is 6.21 Å². The Balaban J connectivity index is 1.61. The molecule has 2 aromatic heterocycles. The zero-order chi connectivity index (χ0) is 20.5. The second-order valence-corrected chi connectivity index (χ2v) is 7.73. The summed E-state index contributed by atoms with van der Waals surface area (Å²) >= 11 is 0. The fourth-order valence-electron chi connectivity index (χ4n) is 3.99. The van der Waals surface area contributed by atoms with E-state index in [0.29, 0.717) is 0 Å². The van der Waals surface area contributed by atoms with Crippen LogP contribution in [0.2, 0.25) is 0 Å². The molecule has 0 fully saturated rings. The number of aryl methyl sites for hydroxylation is 4. The molecule has 0 bridgehead atoms. The minimum atomic E-state index is 0.955. The summed E-state index contributed by atoms with van der Waals surface area (Å²) in [6, 6.07) is 23.5. The van der Waals surface area contributed by atoms with Gasteiger partial charge in [-0.2, -0.15) is 0 Å². The second kappa shape index (κ2) is 7.59. The van der Waals surface area contributed by atoms with Crippen molar-refractivity contribution in [3.8, 4) is 11.4 Å². The van der Waals surface area contributed by atoms with Crippen molar-refractivity contribution in [2.24, 2.45) is 4.99 Å². The molecule has 0 spiro atoms. The molecule has 2 aromatic carbocycles. The van der Waals surface area contributed by atoms with Crippen LogP contribution in [0, 0.1) is 34.6 Å². The Hall–Kier alpha value is -3.33. The maximum Gasteiger partial charge on any atom is 0.0631 e. The molecule has 2 heterocycles. The van der Waals surface area contributed by atoms with Crippen molar-refractivity contribution in [2.45, 2.75) is 34.6 Å². The summed E-state index contributed by atoms with van der Waals surface area (Å²) in [4.78, 5) is 4.72. The average molecular weight is 382 g/mol. The van der Waals surface area contributed by atoms with E-state index in [2.05, 4.69) is 110 Å². The van der Waals surface area contributed by atoms with Crippen molar-refractivity contribution >= 4 is 11.9 Å². The Bertz CT molecular complexity index is 1170. The van der Waals surface area contributed by atoms with E-state index >= 15 is 0 Å². The molecule has 0 radical (unpaired) electrons. The quantitative estimate of drug-likeness (QED) is 0.357. The van der Waals surface area contributed by atoms with Gasteiger partial charge in [-0.1, -0.05) is 12.1 Å². The Morgan fingerprint density at radius 2 is 1.34 bits per heavy atom. The molecule has 0 saturated carbocycles. The lowest BCUT2D eigenvalue weighted by molar-refractivity contribution is 0.963. The third kappa shape index (κ3) is 3.68. The fraction of sp³-hybridized carbons (Fsp3) is 0.192. The molecule has 0 amide bonds. The lowest BCUT2D eigenvalue weighted by Gasteiger charge is -2.10. The summed E-state index contributed by atoms with van der Waals surface area (Å²) in [7, 11) is 0. The highest BCUT2D eigenvalue weighted by Gasteiger charge is 2.09. The van der Waals surface area contributed by atoms with E-state index in [1.54, 1.807) is 0 Å². The van der Waals surface area contributed by atoms with E-state index in [-0.39, 0.29) is 0 Å². The molecule has 3 nitrogen and oxygen atoms in total. The number of benzene rings is 2. The van der Waals surface area contributed by atoms with Crippen molar-refractivity contribution < 1.29 is 0 Å². The smallest absolute Gasteiger partial charge is 0.0631 e. The second-order valence-electron chi connectivity index (χ2n) is 7.73. The van der Waals surface area contributed by atoms with Gasteiger partial charge in [-0.3, -0.25) is 4.99 Å². The first-order chi connectivity index (χ1) is 13.9. The van der Waals surface area contributed by atoms with Crippen molar-refractivity contribution in [3.05, 3.63) is 101 Å². The molecule has 0 aliphatic heterocycles. The molecule has 29 heavy (non-hydrogen) atoms. The van der Waals surface area contributed by atoms with Gasteiger partial charge in [-0.25, -0.2) is 0 Å². The van der Waals surface area contributed by atoms with Crippen LogP contribution in [-0.2, 0) is 0 Å². The van der Waals surface area contributed by atoms with Gasteiger partial charge in [-0.05, 0) is 94.8 Å². The molecule has 146 valence electrons. The third-order valence-electron chi connectivity index (χ3n) is 5.46. The molecule has 0 N–H and O–H groups in total. The van der Waals surface area contributed by atoms with Gasteiger partial charge in [0.15, 0.2) is 0 Å². The normalized spacial score (nSPS) is 11.5. The van der Waals surface area contributed by atoms with Gasteiger partial charge < -0.3 is 9.13 Å². The Kier molecular flexibility index (Phi) is 4.98. The van der Waals surface area contributed by atoms with E-state index in [0.717, 1.165) is 11.3 Å². The maximum atomic E-state index is 4.72. The zero-order valence-electron chi connectivity index (χ0n) is 17.8. The first kappa shape index (κ1) is 19.0. The van der Waals surface area contributed by atoms with Crippen LogP contribution in [0.4, 0.5) is 5.69 Å². The van der Waals surface area contributed by atoms with Gasteiger partial charge in [-0.15, -0.1) is 0 Å². The summed E-state index contributed by atoms with van der Waals surface area (Å²) in [6.45, 7) is 10.7. The number of aliphatic imine (C=N–C) groups is 1. The predicted molar refractivity (Wildman–Crippen MR) is 122 cm³/mol. The lowest BCUT2D eigenvalue weighted by Crippen LogP contribution is -1.99. The Morgan fingerprint density at radius 3 is 2.00 bits per heavy atom. The Morgan fingerprint density at radius 1 is 0.655 bits per heavy atom. The molecule has 0 saturated heterocycles. The maximum absolute atomic E-state index is 4.72. The highest BCUT2D eigenvalue weighted by atomic mass is 15.0. The predicted octanol–water partition coefficient (Wildman–Crippen LogP) is 6.56. The van der Waals surface area contributed by atoms with Crippen LogP contribution in [0.5, 0.6) is 0 Å². The third-order valence-corrected chi connectivity index (χ3v) is 5.46. The highest BCUT2D eigenvalue weighted by molar-refractivity contribution is 5.84. The van der Waals surface area contributed by atoms with Crippen LogP contribution in [0.1, 0.15) is 33.9 Å². The van der Waals surface area contributed by atoms with E-state index in [1.165, 1.54) is 39.7 Å². The van der Waals surface area contributed by atoms with Crippen LogP contribution in [0.25, 0.3) is 11.4 Å². The van der Waals surface area contributed by atoms with Crippen molar-refractivity contribution in [1.82, 2.24) is 9.13 Å². The molecule has 0 aliphatic rings. The van der Waals surface area contributed by atoms with Crippen LogP contribution >= 0.6 is 0 Å². The molecule has 3 heteroatoms. The lowest BCUT2D eigenvalue weighted by atomic mass is 10.2. The molecule has 4 aromatic rings. The van der Waals surface area contributed by atoms with Crippen LogP contribution in [0.15, 0.2) is 71.7 Å². The minimum Gasteiger partial charge on any atom is -0.319 e. The van der Waals surface area contributed by atoms with Crippen LogP contribution in [-0.4, -0.2) is 15.3 Å². The van der Waals surface area contributed by atoms with Gasteiger partial charge in [0.1, 0.15) is 0 Å². The molecular weight excluding hydrogens is 354 g/mol. The highest BCUT2D eigenvalue weighted by Crippen LogP contribution is 2.23. The van der Waals surface area contributed by atoms with Crippen molar-refractivity contribution in [2.75, 3.05) is 0 Å². The molecule has 4 rings (SSSR count). The minimum absolute atomic E-state index is 0.955. The number of aromatic nitrogens is 2. The largest absolute Gasteiger partial charge is 0.319 e. The number of hydrogen-bond donors (Lipinski definition) is 0. The average Bonchev–Trinajstić information content (AvgIpc) is 3.18. The number of hydrogen-bond acceptors (Lipinski definition) is 1. The summed E-state index contributed by atoms with van der Waals surface area (Å²) < 4.78 is 4.54. The topological polar surface area (TPSA) is 22.2 Å². The van der Waals surface area contributed by atoms with E-state index in [4.69, 9.17) is 4.99 Å². The van der Waals surface area contributed by atoms with Crippen LogP contribution < -0.4 is 0 Å². The van der Waals surface area contributed by atoms with Crippen LogP contribution in [0.3, 0.4) is 0 Å².